The topological polar surface area (TPSA) is 44.6 Å². The highest BCUT2D eigenvalue weighted by Gasteiger charge is 2.03. The van der Waals surface area contributed by atoms with Crippen molar-refractivity contribution in [3.05, 3.63) is 42.0 Å². The number of nitrogens with zero attached hydrogens (tertiary/aromatic N) is 1. The van der Waals surface area contributed by atoms with Crippen LogP contribution in [0.4, 0.5) is 0 Å². The van der Waals surface area contributed by atoms with Crippen molar-refractivity contribution in [1.29, 1.82) is 0 Å². The fourth-order valence-electron chi connectivity index (χ4n) is 2.05. The number of nitrogens with one attached hydrogen (secondary N) is 1. The van der Waals surface area contributed by atoms with Crippen LogP contribution in [0.2, 0.25) is 0 Å². The van der Waals surface area contributed by atoms with E-state index >= 15 is 0 Å². The molecular weight excluding hydrogens is 236 g/mol. The Kier molecular flexibility index (Phi) is 4.78. The van der Waals surface area contributed by atoms with Crippen LogP contribution in [0.25, 0.3) is 10.8 Å². The van der Waals surface area contributed by atoms with E-state index < -0.39 is 0 Å². The lowest BCUT2D eigenvalue weighted by Gasteiger charge is -2.05. The molecule has 100 valence electrons. The van der Waals surface area contributed by atoms with Gasteiger partial charge in [-0.05, 0) is 23.3 Å². The summed E-state index contributed by atoms with van der Waals surface area (Å²) in [5.41, 5.74) is 3.78. The molecule has 0 bridgehead atoms. The summed E-state index contributed by atoms with van der Waals surface area (Å²) < 4.78 is 0. The highest BCUT2D eigenvalue weighted by Crippen LogP contribution is 2.25. The van der Waals surface area contributed by atoms with Crippen molar-refractivity contribution in [2.45, 2.75) is 26.2 Å². The predicted molar refractivity (Wildman–Crippen MR) is 80.7 cm³/mol. The van der Waals surface area contributed by atoms with Crippen LogP contribution in [0.5, 0.6) is 5.75 Å². The summed E-state index contributed by atoms with van der Waals surface area (Å²) in [4.78, 5) is 0. The van der Waals surface area contributed by atoms with Crippen LogP contribution in [0.1, 0.15) is 31.7 Å². The van der Waals surface area contributed by atoms with Crippen LogP contribution in [-0.2, 0) is 0 Å². The van der Waals surface area contributed by atoms with Gasteiger partial charge in [0.05, 0.1) is 6.21 Å². The molecule has 0 aromatic heterocycles. The number of hydrogen-bond acceptors (Lipinski definition) is 3. The van der Waals surface area contributed by atoms with E-state index in [4.69, 9.17) is 0 Å². The molecule has 0 spiro atoms. The molecule has 0 aliphatic rings. The number of hydrogen-bond donors (Lipinski definition) is 2. The molecule has 0 heterocycles. The summed E-state index contributed by atoms with van der Waals surface area (Å²) >= 11 is 0. The Balaban J connectivity index is 2.11. The molecule has 0 aliphatic heterocycles. The van der Waals surface area contributed by atoms with Gasteiger partial charge in [0.2, 0.25) is 0 Å². The van der Waals surface area contributed by atoms with E-state index in [-0.39, 0.29) is 5.75 Å². The summed E-state index contributed by atoms with van der Waals surface area (Å²) in [5.74, 6) is 0.262. The third-order valence-electron chi connectivity index (χ3n) is 3.12. The number of hydrazone groups is 1. The molecule has 0 saturated carbocycles. The first kappa shape index (κ1) is 13.4. The van der Waals surface area contributed by atoms with Gasteiger partial charge in [-0.3, -0.25) is 0 Å². The lowest BCUT2D eigenvalue weighted by atomic mass is 10.0. The zero-order valence-electron chi connectivity index (χ0n) is 11.3. The average molecular weight is 256 g/mol. The summed E-state index contributed by atoms with van der Waals surface area (Å²) in [7, 11) is 0. The molecule has 0 unspecified atom stereocenters. The van der Waals surface area contributed by atoms with Gasteiger partial charge in [-0.25, -0.2) is 0 Å². The molecule has 2 aromatic carbocycles. The van der Waals surface area contributed by atoms with Crippen molar-refractivity contribution >= 4 is 17.0 Å². The fourth-order valence-corrected chi connectivity index (χ4v) is 2.05. The normalized spacial score (nSPS) is 11.2. The van der Waals surface area contributed by atoms with Crippen molar-refractivity contribution in [2.24, 2.45) is 5.10 Å². The zero-order chi connectivity index (χ0) is 13.5. The van der Waals surface area contributed by atoms with Gasteiger partial charge in [-0.15, -0.1) is 0 Å². The number of benzene rings is 2. The molecule has 2 N–H and O–H groups in total. The molecule has 0 fully saturated rings. The maximum Gasteiger partial charge on any atom is 0.125 e. The van der Waals surface area contributed by atoms with E-state index in [1.54, 1.807) is 12.3 Å². The van der Waals surface area contributed by atoms with E-state index in [1.165, 1.54) is 12.8 Å². The minimum absolute atomic E-state index is 0.262. The molecule has 0 radical (unpaired) electrons. The zero-order valence-corrected chi connectivity index (χ0v) is 11.3. The second-order valence-corrected chi connectivity index (χ2v) is 4.59. The van der Waals surface area contributed by atoms with Gasteiger partial charge < -0.3 is 10.5 Å². The van der Waals surface area contributed by atoms with Gasteiger partial charge >= 0.3 is 0 Å². The van der Waals surface area contributed by atoms with Crippen LogP contribution < -0.4 is 5.43 Å². The number of phenolic OH excluding ortho intramolecular Hbond substituents is 1. The van der Waals surface area contributed by atoms with Gasteiger partial charge in [-0.1, -0.05) is 50.1 Å². The van der Waals surface area contributed by atoms with Gasteiger partial charge in [0, 0.05) is 12.1 Å². The second-order valence-electron chi connectivity index (χ2n) is 4.59. The third kappa shape index (κ3) is 3.47. The Morgan fingerprint density at radius 3 is 2.84 bits per heavy atom. The van der Waals surface area contributed by atoms with Crippen LogP contribution in [0.15, 0.2) is 41.5 Å². The maximum absolute atomic E-state index is 9.93. The highest BCUT2D eigenvalue weighted by atomic mass is 16.3. The Hall–Kier alpha value is -2.03. The number of fused-ring (bicyclic) bond motifs is 1. The first-order valence-corrected chi connectivity index (χ1v) is 6.79. The average Bonchev–Trinajstić information content (AvgIpc) is 2.44. The fraction of sp³-hybridized carbons (Fsp3) is 0.312. The second kappa shape index (κ2) is 6.78. The van der Waals surface area contributed by atoms with E-state index in [9.17, 15) is 5.11 Å². The monoisotopic (exact) mass is 256 g/mol. The van der Waals surface area contributed by atoms with Crippen molar-refractivity contribution in [1.82, 2.24) is 5.43 Å². The Bertz CT molecular complexity index is 564. The minimum Gasteiger partial charge on any atom is -0.507 e. The standard InChI is InChI=1S/C16H20N2O/c1-2-3-6-11-17-18-12-15-14-8-5-4-7-13(14)9-10-16(15)19/h4-5,7-10,12,17,19H,2-3,6,11H2,1H3/b18-12+. The van der Waals surface area contributed by atoms with Crippen LogP contribution in [-0.4, -0.2) is 17.9 Å². The number of unbranched alkanes of at least 4 members (excludes halogenated alkanes) is 2. The SMILES string of the molecule is CCCCCN/N=C/c1c(O)ccc2ccccc12. The molecule has 3 heteroatoms. The van der Waals surface area contributed by atoms with E-state index in [0.717, 1.165) is 29.3 Å². The number of rotatable bonds is 6. The van der Waals surface area contributed by atoms with Gasteiger partial charge in [0.25, 0.3) is 0 Å². The van der Waals surface area contributed by atoms with E-state index in [0.29, 0.717) is 0 Å². The molecule has 0 amide bonds. The largest absolute Gasteiger partial charge is 0.507 e. The number of phenols is 1. The Morgan fingerprint density at radius 2 is 2.00 bits per heavy atom. The molecule has 2 aromatic rings. The first-order valence-electron chi connectivity index (χ1n) is 6.79. The Labute approximate surface area is 114 Å². The summed E-state index contributed by atoms with van der Waals surface area (Å²) in [6, 6.07) is 11.6. The summed E-state index contributed by atoms with van der Waals surface area (Å²) in [6.07, 6.45) is 5.23. The number of aromatic hydroxyl groups is 1. The molecule has 19 heavy (non-hydrogen) atoms. The van der Waals surface area contributed by atoms with Crippen molar-refractivity contribution < 1.29 is 5.11 Å². The van der Waals surface area contributed by atoms with Crippen LogP contribution in [0.3, 0.4) is 0 Å². The maximum atomic E-state index is 9.93. The van der Waals surface area contributed by atoms with Gasteiger partial charge in [0.15, 0.2) is 0 Å². The molecule has 0 aliphatic carbocycles. The van der Waals surface area contributed by atoms with Crippen molar-refractivity contribution in [3.8, 4) is 5.75 Å². The lowest BCUT2D eigenvalue weighted by Crippen LogP contribution is -2.07. The summed E-state index contributed by atoms with van der Waals surface area (Å²) in [5, 5.41) is 16.2. The highest BCUT2D eigenvalue weighted by molar-refractivity contribution is 6.02. The molecular formula is C16H20N2O. The van der Waals surface area contributed by atoms with Crippen LogP contribution >= 0.6 is 0 Å². The lowest BCUT2D eigenvalue weighted by molar-refractivity contribution is 0.475. The molecule has 3 nitrogen and oxygen atoms in total. The van der Waals surface area contributed by atoms with Crippen molar-refractivity contribution in [2.75, 3.05) is 6.54 Å². The predicted octanol–water partition coefficient (Wildman–Crippen LogP) is 3.66. The van der Waals surface area contributed by atoms with E-state index in [2.05, 4.69) is 17.5 Å². The van der Waals surface area contributed by atoms with Gasteiger partial charge in [0.1, 0.15) is 5.75 Å². The quantitative estimate of drug-likeness (QED) is 0.470. The molecule has 0 atom stereocenters. The third-order valence-corrected chi connectivity index (χ3v) is 3.12. The first-order chi connectivity index (χ1) is 9.33. The van der Waals surface area contributed by atoms with Crippen molar-refractivity contribution in [3.63, 3.8) is 0 Å². The summed E-state index contributed by atoms with van der Waals surface area (Å²) in [6.45, 7) is 3.05. The Morgan fingerprint density at radius 1 is 1.16 bits per heavy atom. The molecule has 0 saturated heterocycles. The van der Waals surface area contributed by atoms with E-state index in [1.807, 2.05) is 30.3 Å². The van der Waals surface area contributed by atoms with Crippen LogP contribution in [0, 0.1) is 0 Å². The molecule has 2 rings (SSSR count). The smallest absolute Gasteiger partial charge is 0.125 e. The minimum atomic E-state index is 0.262. The van der Waals surface area contributed by atoms with Gasteiger partial charge in [-0.2, -0.15) is 5.10 Å².